The molecule has 0 atom stereocenters. The topological polar surface area (TPSA) is 136 Å². The molecule has 3 aliphatic rings. The summed E-state index contributed by atoms with van der Waals surface area (Å²) < 4.78 is 51.4. The zero-order valence-corrected chi connectivity index (χ0v) is 28.5. The third-order valence-corrected chi connectivity index (χ3v) is 10.3. The highest BCUT2D eigenvalue weighted by atomic mass is 19.4. The first kappa shape index (κ1) is 34.2. The highest BCUT2D eigenvalue weighted by Gasteiger charge is 2.44. The molecule has 1 aliphatic heterocycles. The number of likely N-dealkylation sites (N-methyl/N-ethyl adjacent to an activating group) is 1. The van der Waals surface area contributed by atoms with E-state index in [1.165, 1.54) is 4.90 Å². The number of ether oxygens (including phenoxy) is 1. The van der Waals surface area contributed by atoms with E-state index in [0.717, 1.165) is 38.2 Å². The van der Waals surface area contributed by atoms with Gasteiger partial charge >= 0.3 is 6.18 Å². The van der Waals surface area contributed by atoms with Crippen LogP contribution in [0.4, 0.5) is 24.8 Å². The maximum atomic E-state index is 14.6. The van der Waals surface area contributed by atoms with E-state index < -0.39 is 23.2 Å². The van der Waals surface area contributed by atoms with Crippen molar-refractivity contribution >= 4 is 17.5 Å². The fourth-order valence-electron chi connectivity index (χ4n) is 7.22. The zero-order valence-electron chi connectivity index (χ0n) is 28.5. The van der Waals surface area contributed by atoms with Crippen LogP contribution >= 0.6 is 0 Å². The summed E-state index contributed by atoms with van der Waals surface area (Å²) in [4.78, 5) is 22.1. The van der Waals surface area contributed by atoms with E-state index in [1.807, 2.05) is 11.9 Å². The molecule has 2 aromatic carbocycles. The second-order valence-electron chi connectivity index (χ2n) is 13.9. The molecule has 4 aromatic rings. The van der Waals surface area contributed by atoms with Crippen molar-refractivity contribution in [1.82, 2.24) is 24.6 Å². The number of hydrogen-bond donors (Lipinski definition) is 1. The Hall–Kier alpha value is -5.31. The second-order valence-corrected chi connectivity index (χ2v) is 13.9. The van der Waals surface area contributed by atoms with Crippen molar-refractivity contribution in [2.24, 2.45) is 7.05 Å². The molecular formula is C37H36F3N9O2. The number of methoxy groups -OCH3 is 1. The Balaban J connectivity index is 1.30. The van der Waals surface area contributed by atoms with Gasteiger partial charge in [-0.2, -0.15) is 23.7 Å². The Bertz CT molecular complexity index is 2100. The Kier molecular flexibility index (Phi) is 8.56. The van der Waals surface area contributed by atoms with Crippen LogP contribution in [0.15, 0.2) is 48.8 Å². The number of amides is 1. The van der Waals surface area contributed by atoms with E-state index in [1.54, 1.807) is 61.5 Å². The molecule has 2 fully saturated rings. The normalized spacial score (nSPS) is 17.1. The summed E-state index contributed by atoms with van der Waals surface area (Å²) in [7, 11) is 5.29. The van der Waals surface area contributed by atoms with E-state index in [-0.39, 0.29) is 42.1 Å². The van der Waals surface area contributed by atoms with Crippen molar-refractivity contribution in [3.63, 3.8) is 0 Å². The van der Waals surface area contributed by atoms with E-state index >= 15 is 0 Å². The molecule has 0 bridgehead atoms. The number of nitrogens with zero attached hydrogens (tertiary/aromatic N) is 8. The molecule has 0 radical (unpaired) electrons. The Morgan fingerprint density at radius 3 is 2.45 bits per heavy atom. The summed E-state index contributed by atoms with van der Waals surface area (Å²) in [6.07, 6.45) is 1.38. The summed E-state index contributed by atoms with van der Waals surface area (Å²) in [5, 5.41) is 30.9. The minimum atomic E-state index is -4.70. The molecule has 2 saturated carbocycles. The van der Waals surface area contributed by atoms with E-state index in [4.69, 9.17) is 9.72 Å². The largest absolute Gasteiger partial charge is 0.416 e. The molecular weight excluding hydrogens is 659 g/mol. The van der Waals surface area contributed by atoms with E-state index in [9.17, 15) is 28.5 Å². The molecule has 0 spiro atoms. The van der Waals surface area contributed by atoms with Gasteiger partial charge in [-0.1, -0.05) is 0 Å². The number of anilines is 2. The van der Waals surface area contributed by atoms with Gasteiger partial charge in [-0.15, -0.1) is 10.2 Å². The van der Waals surface area contributed by atoms with Crippen molar-refractivity contribution in [3.05, 3.63) is 76.6 Å². The van der Waals surface area contributed by atoms with E-state index in [2.05, 4.69) is 27.7 Å². The number of alkyl halides is 3. The number of benzene rings is 2. The van der Waals surface area contributed by atoms with E-state index in [0.29, 0.717) is 46.0 Å². The SMILES string of the molecule is COC1(CN(C)Cc2cc3c(c(C(F)(F)F)c2)CN(c2cc(-c4cc(C#N)ccc4-c4nncn4C)cc(NC4(CC#N)CC4)n2)C3=O)CCC1. The first-order chi connectivity index (χ1) is 24.4. The minimum absolute atomic E-state index is 0.0190. The summed E-state index contributed by atoms with van der Waals surface area (Å²) in [5.74, 6) is 0.414. The van der Waals surface area contributed by atoms with Crippen molar-refractivity contribution in [2.75, 3.05) is 30.9 Å². The quantitative estimate of drug-likeness (QED) is 0.188. The van der Waals surface area contributed by atoms with Gasteiger partial charge in [0.05, 0.1) is 47.4 Å². The Morgan fingerprint density at radius 2 is 1.84 bits per heavy atom. The average Bonchev–Trinajstić information content (AvgIpc) is 3.55. The van der Waals surface area contributed by atoms with Gasteiger partial charge in [-0.25, -0.2) is 4.98 Å². The monoisotopic (exact) mass is 695 g/mol. The van der Waals surface area contributed by atoms with Crippen LogP contribution in [0.5, 0.6) is 0 Å². The maximum absolute atomic E-state index is 14.6. The van der Waals surface area contributed by atoms with Crippen LogP contribution in [0.1, 0.15) is 71.1 Å². The molecule has 51 heavy (non-hydrogen) atoms. The first-order valence-electron chi connectivity index (χ1n) is 16.7. The molecule has 1 amide bonds. The van der Waals surface area contributed by atoms with Crippen molar-refractivity contribution in [2.45, 2.75) is 68.9 Å². The van der Waals surface area contributed by atoms with Crippen LogP contribution in [0.3, 0.4) is 0 Å². The number of carbonyl (C=O) groups excluding carboxylic acids is 1. The summed E-state index contributed by atoms with van der Waals surface area (Å²) in [6, 6.07) is 15.6. The summed E-state index contributed by atoms with van der Waals surface area (Å²) in [6.45, 7) is 0.433. The average molecular weight is 696 g/mol. The fraction of sp³-hybridized carbons (Fsp3) is 0.405. The number of aryl methyl sites for hydroxylation is 1. The number of carbonyl (C=O) groups is 1. The highest BCUT2D eigenvalue weighted by Crippen LogP contribution is 2.45. The molecule has 1 N–H and O–H groups in total. The second kappa shape index (κ2) is 12.8. The third kappa shape index (κ3) is 6.53. The molecule has 0 unspecified atom stereocenters. The molecule has 3 heterocycles. The van der Waals surface area contributed by atoms with Gasteiger partial charge in [0.1, 0.15) is 18.0 Å². The van der Waals surface area contributed by atoms with Gasteiger partial charge in [0, 0.05) is 38.4 Å². The lowest BCUT2D eigenvalue weighted by molar-refractivity contribution is -0.138. The van der Waals surface area contributed by atoms with Crippen LogP contribution in [0.25, 0.3) is 22.5 Å². The van der Waals surface area contributed by atoms with Crippen LogP contribution in [-0.4, -0.2) is 62.4 Å². The summed E-state index contributed by atoms with van der Waals surface area (Å²) >= 11 is 0. The van der Waals surface area contributed by atoms with Crippen molar-refractivity contribution in [3.8, 4) is 34.7 Å². The van der Waals surface area contributed by atoms with Gasteiger partial charge in [0.2, 0.25) is 0 Å². The lowest BCUT2D eigenvalue weighted by Gasteiger charge is -2.43. The zero-order chi connectivity index (χ0) is 36.1. The number of hydrogen-bond acceptors (Lipinski definition) is 9. The number of nitrogens with one attached hydrogen (secondary N) is 1. The standard InChI is InChI=1S/C37H36F3N9O2/c1-47(21-36(51-3)7-4-8-36)19-24-14-28-29(30(15-24)37(38,39)40)20-49(34(28)50)32-17-25(16-31(44-32)45-35(9-10-35)11-12-41)27-13-23(18-42)5-6-26(27)33-46-43-22-48(33)2/h5-6,13-17,22H,4,7-11,19-21H2,1-3H3,(H,44,45). The molecule has 11 nitrogen and oxygen atoms in total. The molecule has 7 rings (SSSR count). The number of halogens is 3. The lowest BCUT2D eigenvalue weighted by atomic mass is 9.79. The summed E-state index contributed by atoms with van der Waals surface area (Å²) in [5.41, 5.74) is 0.758. The van der Waals surface area contributed by atoms with Gasteiger partial charge < -0.3 is 14.6 Å². The molecule has 0 saturated heterocycles. The van der Waals surface area contributed by atoms with Crippen LogP contribution in [0.2, 0.25) is 0 Å². The lowest BCUT2D eigenvalue weighted by Crippen LogP contribution is -2.48. The number of fused-ring (bicyclic) bond motifs is 1. The van der Waals surface area contributed by atoms with Gasteiger partial charge in [0.15, 0.2) is 5.82 Å². The van der Waals surface area contributed by atoms with Crippen LogP contribution in [0, 0.1) is 22.7 Å². The maximum Gasteiger partial charge on any atom is 0.416 e. The first-order valence-corrected chi connectivity index (χ1v) is 16.7. The number of nitriles is 2. The van der Waals surface area contributed by atoms with Crippen molar-refractivity contribution < 1.29 is 22.7 Å². The molecule has 2 aromatic heterocycles. The molecule has 262 valence electrons. The predicted molar refractivity (Wildman–Crippen MR) is 182 cm³/mol. The van der Waals surface area contributed by atoms with Gasteiger partial charge in [0.25, 0.3) is 5.91 Å². The third-order valence-electron chi connectivity index (χ3n) is 10.3. The molecule has 2 aliphatic carbocycles. The highest BCUT2D eigenvalue weighted by molar-refractivity contribution is 6.10. The minimum Gasteiger partial charge on any atom is -0.377 e. The molecule has 14 heteroatoms. The van der Waals surface area contributed by atoms with Gasteiger partial charge in [-0.3, -0.25) is 14.6 Å². The fourth-order valence-corrected chi connectivity index (χ4v) is 7.22. The van der Waals surface area contributed by atoms with Crippen LogP contribution < -0.4 is 10.2 Å². The van der Waals surface area contributed by atoms with Crippen molar-refractivity contribution in [1.29, 1.82) is 10.5 Å². The number of pyridine rings is 1. The number of rotatable bonds is 11. The Labute approximate surface area is 293 Å². The predicted octanol–water partition coefficient (Wildman–Crippen LogP) is 6.45. The van der Waals surface area contributed by atoms with Crippen LogP contribution in [-0.2, 0) is 31.1 Å². The Morgan fingerprint density at radius 1 is 1.06 bits per heavy atom. The smallest absolute Gasteiger partial charge is 0.377 e. The van der Waals surface area contributed by atoms with Gasteiger partial charge in [-0.05, 0) is 104 Å². The number of aromatic nitrogens is 4.